The molecule has 124 valence electrons. The van der Waals surface area contributed by atoms with Crippen LogP contribution in [0.25, 0.3) is 10.9 Å². The molecule has 0 saturated carbocycles. The highest BCUT2D eigenvalue weighted by Crippen LogP contribution is 2.39. The number of aliphatic carboxylic acids is 1. The predicted octanol–water partition coefficient (Wildman–Crippen LogP) is 3.08. The largest absolute Gasteiger partial charge is 0.481 e. The van der Waals surface area contributed by atoms with Crippen molar-refractivity contribution in [3.8, 4) is 11.5 Å². The van der Waals surface area contributed by atoms with Crippen LogP contribution in [0.1, 0.15) is 23.0 Å². The molecule has 0 atom stereocenters. The summed E-state index contributed by atoms with van der Waals surface area (Å²) in [6.07, 6.45) is 6.50. The maximum atomic E-state index is 12.6. The first-order valence-electron chi connectivity index (χ1n) is 7.52. The summed E-state index contributed by atoms with van der Waals surface area (Å²) in [5, 5.41) is 9.88. The molecule has 1 aliphatic rings. The van der Waals surface area contributed by atoms with Crippen molar-refractivity contribution >= 4 is 22.8 Å². The number of allylic oxidation sites excluding steroid dienone is 4. The fourth-order valence-electron chi connectivity index (χ4n) is 2.85. The molecular weight excluding hydrogens is 310 g/mol. The number of carboxylic acid groups (broad SMARTS) is 1. The second-order valence-corrected chi connectivity index (χ2v) is 5.42. The third-order valence-electron chi connectivity index (χ3n) is 3.92. The Balaban J connectivity index is 2.22. The van der Waals surface area contributed by atoms with E-state index in [-0.39, 0.29) is 19.1 Å². The number of fused-ring (bicyclic) bond motifs is 2. The van der Waals surface area contributed by atoms with E-state index in [1.807, 2.05) is 13.0 Å². The van der Waals surface area contributed by atoms with E-state index in [9.17, 15) is 14.7 Å². The first kappa shape index (κ1) is 15.9. The Morgan fingerprint density at radius 3 is 2.62 bits per heavy atom. The second kappa shape index (κ2) is 6.23. The predicted molar refractivity (Wildman–Crippen MR) is 88.7 cm³/mol. The molecule has 24 heavy (non-hydrogen) atoms. The zero-order valence-electron chi connectivity index (χ0n) is 13.4. The number of carboxylic acids is 1. The molecule has 0 fully saturated rings. The van der Waals surface area contributed by atoms with E-state index in [1.165, 1.54) is 10.6 Å². The van der Waals surface area contributed by atoms with Gasteiger partial charge in [0, 0.05) is 23.2 Å². The first-order valence-corrected chi connectivity index (χ1v) is 7.52. The van der Waals surface area contributed by atoms with Gasteiger partial charge in [-0.2, -0.15) is 0 Å². The third-order valence-corrected chi connectivity index (χ3v) is 3.92. The normalized spacial score (nSPS) is 13.4. The van der Waals surface area contributed by atoms with Gasteiger partial charge in [0.15, 0.2) is 11.5 Å². The number of hydrogen-bond acceptors (Lipinski definition) is 4. The minimum absolute atomic E-state index is 0.115. The van der Waals surface area contributed by atoms with Crippen LogP contribution in [0.15, 0.2) is 36.4 Å². The lowest BCUT2D eigenvalue weighted by Gasteiger charge is -2.04. The molecule has 1 aromatic heterocycles. The van der Waals surface area contributed by atoms with Crippen molar-refractivity contribution in [2.75, 3.05) is 6.79 Å². The highest BCUT2D eigenvalue weighted by molar-refractivity contribution is 6.02. The Hall–Kier alpha value is -3.02. The minimum atomic E-state index is -0.952. The third kappa shape index (κ3) is 2.67. The van der Waals surface area contributed by atoms with Crippen molar-refractivity contribution < 1.29 is 24.2 Å². The maximum Gasteiger partial charge on any atom is 0.307 e. The van der Waals surface area contributed by atoms with Gasteiger partial charge in [-0.3, -0.25) is 14.2 Å². The van der Waals surface area contributed by atoms with E-state index in [0.717, 1.165) is 0 Å². The van der Waals surface area contributed by atoms with Gasteiger partial charge in [0.05, 0.1) is 11.9 Å². The minimum Gasteiger partial charge on any atom is -0.481 e. The van der Waals surface area contributed by atoms with Gasteiger partial charge < -0.3 is 14.6 Å². The van der Waals surface area contributed by atoms with Gasteiger partial charge in [0.1, 0.15) is 0 Å². The van der Waals surface area contributed by atoms with Crippen LogP contribution in [0.2, 0.25) is 0 Å². The summed E-state index contributed by atoms with van der Waals surface area (Å²) < 4.78 is 12.3. The molecule has 1 aliphatic heterocycles. The van der Waals surface area contributed by atoms with Crippen molar-refractivity contribution in [2.45, 2.75) is 20.3 Å². The van der Waals surface area contributed by atoms with Crippen LogP contribution in [-0.4, -0.2) is 28.3 Å². The van der Waals surface area contributed by atoms with Gasteiger partial charge >= 0.3 is 5.97 Å². The zero-order chi connectivity index (χ0) is 17.3. The van der Waals surface area contributed by atoms with E-state index in [1.54, 1.807) is 31.2 Å². The van der Waals surface area contributed by atoms with Gasteiger partial charge in [-0.25, -0.2) is 0 Å². The Morgan fingerprint density at radius 2 is 1.96 bits per heavy atom. The van der Waals surface area contributed by atoms with E-state index in [4.69, 9.17) is 9.47 Å². The fraction of sp³-hybridized carbons (Fsp3) is 0.222. The molecule has 0 amide bonds. The van der Waals surface area contributed by atoms with Crippen LogP contribution in [0.4, 0.5) is 0 Å². The SMILES string of the molecule is C/C=C/C=C/C(=O)n1c(C)c(CC(=O)O)c2cc3c(cc21)OCO3. The van der Waals surface area contributed by atoms with Crippen LogP contribution >= 0.6 is 0 Å². The first-order chi connectivity index (χ1) is 11.5. The smallest absolute Gasteiger partial charge is 0.307 e. The van der Waals surface area contributed by atoms with Crippen molar-refractivity contribution in [2.24, 2.45) is 0 Å². The van der Waals surface area contributed by atoms with Gasteiger partial charge in [-0.05, 0) is 25.5 Å². The van der Waals surface area contributed by atoms with Crippen LogP contribution in [0, 0.1) is 6.92 Å². The van der Waals surface area contributed by atoms with Gasteiger partial charge in [-0.1, -0.05) is 18.2 Å². The molecule has 2 heterocycles. The van der Waals surface area contributed by atoms with Crippen LogP contribution < -0.4 is 9.47 Å². The zero-order valence-corrected chi connectivity index (χ0v) is 13.4. The molecule has 1 aromatic carbocycles. The summed E-state index contributed by atoms with van der Waals surface area (Å²) in [5.41, 5.74) is 1.82. The Bertz CT molecular complexity index is 889. The molecular formula is C18H17NO5. The molecule has 6 heteroatoms. The molecule has 0 unspecified atom stereocenters. The summed E-state index contributed by atoms with van der Waals surface area (Å²) in [4.78, 5) is 23.8. The van der Waals surface area contributed by atoms with Gasteiger partial charge in [0.25, 0.3) is 5.91 Å². The second-order valence-electron chi connectivity index (χ2n) is 5.42. The van der Waals surface area contributed by atoms with Crippen molar-refractivity contribution in [1.82, 2.24) is 4.57 Å². The maximum absolute atomic E-state index is 12.6. The van der Waals surface area contributed by atoms with Crippen molar-refractivity contribution in [3.63, 3.8) is 0 Å². The van der Waals surface area contributed by atoms with E-state index < -0.39 is 5.97 Å². The number of carbonyl (C=O) groups excluding carboxylic acids is 1. The average Bonchev–Trinajstić information content (AvgIpc) is 3.08. The highest BCUT2D eigenvalue weighted by atomic mass is 16.7. The lowest BCUT2D eigenvalue weighted by Crippen LogP contribution is -2.10. The van der Waals surface area contributed by atoms with E-state index in [2.05, 4.69) is 0 Å². The monoisotopic (exact) mass is 327 g/mol. The van der Waals surface area contributed by atoms with Gasteiger partial charge in [0.2, 0.25) is 6.79 Å². The van der Waals surface area contributed by atoms with Crippen molar-refractivity contribution in [1.29, 1.82) is 0 Å². The molecule has 0 radical (unpaired) electrons. The van der Waals surface area contributed by atoms with Crippen LogP contribution in [-0.2, 0) is 11.2 Å². The van der Waals surface area contributed by atoms with Crippen molar-refractivity contribution in [3.05, 3.63) is 47.7 Å². The van der Waals surface area contributed by atoms with Crippen LogP contribution in [0.5, 0.6) is 11.5 Å². The molecule has 1 N–H and O–H groups in total. The molecule has 0 aliphatic carbocycles. The summed E-state index contributed by atoms with van der Waals surface area (Å²) in [6.45, 7) is 3.72. The molecule has 0 spiro atoms. The molecule has 2 aromatic rings. The number of hydrogen-bond donors (Lipinski definition) is 1. The molecule has 3 rings (SSSR count). The number of benzene rings is 1. The van der Waals surface area contributed by atoms with Crippen LogP contribution in [0.3, 0.4) is 0 Å². The Kier molecular flexibility index (Phi) is 4.12. The number of nitrogens with zero attached hydrogens (tertiary/aromatic N) is 1. The quantitative estimate of drug-likeness (QED) is 0.690. The number of carbonyl (C=O) groups is 2. The Morgan fingerprint density at radius 1 is 1.25 bits per heavy atom. The van der Waals surface area contributed by atoms with E-state index in [0.29, 0.717) is 33.7 Å². The Labute approximate surface area is 138 Å². The number of aromatic nitrogens is 1. The number of rotatable bonds is 4. The summed E-state index contributed by atoms with van der Waals surface area (Å²) in [7, 11) is 0. The average molecular weight is 327 g/mol. The molecule has 0 bridgehead atoms. The van der Waals surface area contributed by atoms with Gasteiger partial charge in [-0.15, -0.1) is 0 Å². The van der Waals surface area contributed by atoms with E-state index >= 15 is 0 Å². The summed E-state index contributed by atoms with van der Waals surface area (Å²) >= 11 is 0. The molecule has 6 nitrogen and oxygen atoms in total. The lowest BCUT2D eigenvalue weighted by molar-refractivity contribution is -0.136. The highest BCUT2D eigenvalue weighted by Gasteiger charge is 2.23. The summed E-state index contributed by atoms with van der Waals surface area (Å²) in [5.74, 6) is -0.0885. The standard InChI is InChI=1S/C18H17NO5/c1-3-4-5-6-17(20)19-11(2)12(8-18(21)22)13-7-15-16(9-14(13)19)24-10-23-15/h3-7,9H,8,10H2,1-2H3,(H,21,22)/b4-3+,6-5+. The number of ether oxygens (including phenoxy) is 2. The topological polar surface area (TPSA) is 77.8 Å². The molecule has 0 saturated heterocycles. The fourth-order valence-corrected chi connectivity index (χ4v) is 2.85. The summed E-state index contributed by atoms with van der Waals surface area (Å²) in [6, 6.07) is 3.46. The lowest BCUT2D eigenvalue weighted by atomic mass is 10.1.